The van der Waals surface area contributed by atoms with Crippen LogP contribution in [0.5, 0.6) is 0 Å². The summed E-state index contributed by atoms with van der Waals surface area (Å²) >= 11 is 0. The molecule has 3 atom stereocenters. The minimum Gasteiger partial charge on any atom is -0.383 e. The van der Waals surface area contributed by atoms with Crippen LogP contribution in [-0.4, -0.2) is 75.1 Å². The van der Waals surface area contributed by atoms with Gasteiger partial charge in [-0.3, -0.25) is 19.8 Å². The van der Waals surface area contributed by atoms with Crippen molar-refractivity contribution in [2.75, 3.05) is 44.9 Å². The van der Waals surface area contributed by atoms with Gasteiger partial charge in [-0.2, -0.15) is 0 Å². The summed E-state index contributed by atoms with van der Waals surface area (Å²) < 4.78 is 10.7. The van der Waals surface area contributed by atoms with Gasteiger partial charge in [-0.1, -0.05) is 18.2 Å². The van der Waals surface area contributed by atoms with E-state index in [1.54, 1.807) is 7.11 Å². The Morgan fingerprint density at radius 1 is 1.25 bits per heavy atom. The van der Waals surface area contributed by atoms with Gasteiger partial charge in [0.2, 0.25) is 11.8 Å². The van der Waals surface area contributed by atoms with E-state index >= 15 is 0 Å². The van der Waals surface area contributed by atoms with Gasteiger partial charge in [-0.05, 0) is 18.1 Å². The lowest BCUT2D eigenvalue weighted by Gasteiger charge is -2.40. The molecule has 2 fully saturated rings. The number of nitrogens with one attached hydrogen (secondary N) is 2. The van der Waals surface area contributed by atoms with E-state index in [2.05, 4.69) is 21.6 Å². The largest absolute Gasteiger partial charge is 0.383 e. The number of ether oxygens (including phenoxy) is 2. The molecule has 8 nitrogen and oxygen atoms in total. The van der Waals surface area contributed by atoms with Crippen LogP contribution in [0.15, 0.2) is 24.3 Å². The van der Waals surface area contributed by atoms with Gasteiger partial charge in [0.15, 0.2) is 0 Å². The second-order valence-electron chi connectivity index (χ2n) is 7.56. The monoisotopic (exact) mass is 388 g/mol. The number of amides is 2. The van der Waals surface area contributed by atoms with Crippen molar-refractivity contribution >= 4 is 17.5 Å². The smallest absolute Gasteiger partial charge is 0.230 e. The number of fused-ring (bicyclic) bond motifs is 1. The lowest BCUT2D eigenvalue weighted by molar-refractivity contribution is -0.128. The van der Waals surface area contributed by atoms with Gasteiger partial charge in [0.1, 0.15) is 0 Å². The second-order valence-corrected chi connectivity index (χ2v) is 7.56. The standard InChI is InChI=1S/C20H28N4O4/c1-27-13-15-10-14-4-2-3-5-16(14)24(15)20(26)11-17-21-18(12-19(25)22-17)23-6-8-28-9-7-23/h2-5,15,17-18,21H,6-13H2,1H3,(H,22,25). The van der Waals surface area contributed by atoms with Gasteiger partial charge in [0, 0.05) is 25.9 Å². The molecule has 152 valence electrons. The fourth-order valence-corrected chi connectivity index (χ4v) is 4.39. The first-order valence-electron chi connectivity index (χ1n) is 9.92. The molecule has 2 N–H and O–H groups in total. The lowest BCUT2D eigenvalue weighted by atomic mass is 10.1. The minimum absolute atomic E-state index is 0.00701. The molecular formula is C20H28N4O4. The zero-order chi connectivity index (χ0) is 19.5. The third-order valence-electron chi connectivity index (χ3n) is 5.67. The molecule has 0 aliphatic carbocycles. The molecule has 4 rings (SSSR count). The lowest BCUT2D eigenvalue weighted by Crippen LogP contribution is -2.64. The Morgan fingerprint density at radius 2 is 2.04 bits per heavy atom. The van der Waals surface area contributed by atoms with Crippen LogP contribution in [0, 0.1) is 0 Å². The average molecular weight is 388 g/mol. The zero-order valence-electron chi connectivity index (χ0n) is 16.2. The van der Waals surface area contributed by atoms with Crippen molar-refractivity contribution in [3.8, 4) is 0 Å². The Balaban J connectivity index is 1.45. The molecule has 3 aliphatic rings. The number of carbonyl (C=O) groups is 2. The summed E-state index contributed by atoms with van der Waals surface area (Å²) in [5, 5.41) is 6.36. The normalized spacial score (nSPS) is 28.1. The van der Waals surface area contributed by atoms with E-state index in [0.717, 1.165) is 30.8 Å². The molecule has 2 amide bonds. The van der Waals surface area contributed by atoms with Crippen molar-refractivity contribution in [3.05, 3.63) is 29.8 Å². The molecule has 1 aromatic rings. The van der Waals surface area contributed by atoms with Crippen molar-refractivity contribution in [2.45, 2.75) is 37.6 Å². The van der Waals surface area contributed by atoms with Crippen molar-refractivity contribution in [2.24, 2.45) is 0 Å². The SMILES string of the molecule is COCC1Cc2ccccc2N1C(=O)CC1NC(=O)CC(N2CCOCC2)N1. The summed E-state index contributed by atoms with van der Waals surface area (Å²) in [6.45, 7) is 3.42. The van der Waals surface area contributed by atoms with E-state index < -0.39 is 0 Å². The molecule has 0 aromatic heterocycles. The summed E-state index contributed by atoms with van der Waals surface area (Å²) in [7, 11) is 1.65. The van der Waals surface area contributed by atoms with Crippen LogP contribution >= 0.6 is 0 Å². The number of nitrogens with zero attached hydrogens (tertiary/aromatic N) is 2. The first-order valence-corrected chi connectivity index (χ1v) is 9.92. The number of carbonyl (C=O) groups excluding carboxylic acids is 2. The van der Waals surface area contributed by atoms with E-state index in [1.807, 2.05) is 23.1 Å². The molecule has 3 heterocycles. The number of hydrogen-bond acceptors (Lipinski definition) is 6. The Morgan fingerprint density at radius 3 is 2.82 bits per heavy atom. The number of anilines is 1. The van der Waals surface area contributed by atoms with E-state index in [-0.39, 0.29) is 36.6 Å². The highest BCUT2D eigenvalue weighted by molar-refractivity contribution is 5.97. The van der Waals surface area contributed by atoms with Crippen LogP contribution in [0.2, 0.25) is 0 Å². The van der Waals surface area contributed by atoms with Gasteiger partial charge in [-0.15, -0.1) is 0 Å². The van der Waals surface area contributed by atoms with Crippen LogP contribution in [0.1, 0.15) is 18.4 Å². The summed E-state index contributed by atoms with van der Waals surface area (Å²) in [4.78, 5) is 29.5. The Hall–Kier alpha value is -2.00. The Bertz CT molecular complexity index is 722. The van der Waals surface area contributed by atoms with Crippen molar-refractivity contribution in [1.82, 2.24) is 15.5 Å². The maximum absolute atomic E-state index is 13.2. The van der Waals surface area contributed by atoms with Crippen molar-refractivity contribution < 1.29 is 19.1 Å². The fourth-order valence-electron chi connectivity index (χ4n) is 4.39. The van der Waals surface area contributed by atoms with Crippen LogP contribution in [0.25, 0.3) is 0 Å². The third-order valence-corrected chi connectivity index (χ3v) is 5.67. The predicted octanol–water partition coefficient (Wildman–Crippen LogP) is 0.0747. The van der Waals surface area contributed by atoms with Crippen LogP contribution in [0.3, 0.4) is 0 Å². The first kappa shape index (κ1) is 19.3. The van der Waals surface area contributed by atoms with Crippen LogP contribution in [-0.2, 0) is 25.5 Å². The highest BCUT2D eigenvalue weighted by atomic mass is 16.5. The summed E-state index contributed by atoms with van der Waals surface area (Å²) in [5.41, 5.74) is 2.10. The van der Waals surface area contributed by atoms with Gasteiger partial charge in [0.05, 0.1) is 51.0 Å². The molecular weight excluding hydrogens is 360 g/mol. The molecule has 0 bridgehead atoms. The number of benzene rings is 1. The third kappa shape index (κ3) is 4.05. The van der Waals surface area contributed by atoms with E-state index in [9.17, 15) is 9.59 Å². The average Bonchev–Trinajstić information content (AvgIpc) is 3.06. The highest BCUT2D eigenvalue weighted by Crippen LogP contribution is 2.32. The second kappa shape index (κ2) is 8.57. The van der Waals surface area contributed by atoms with Crippen molar-refractivity contribution in [1.29, 1.82) is 0 Å². The number of rotatable bonds is 5. The molecule has 0 saturated carbocycles. The number of morpholine rings is 1. The Labute approximate surface area is 165 Å². The topological polar surface area (TPSA) is 83.1 Å². The first-order chi connectivity index (χ1) is 13.7. The van der Waals surface area contributed by atoms with Gasteiger partial charge < -0.3 is 19.7 Å². The minimum atomic E-state index is -0.377. The van der Waals surface area contributed by atoms with Gasteiger partial charge >= 0.3 is 0 Å². The van der Waals surface area contributed by atoms with E-state index in [1.165, 1.54) is 0 Å². The number of para-hydroxylation sites is 1. The van der Waals surface area contributed by atoms with Gasteiger partial charge in [0.25, 0.3) is 0 Å². The predicted molar refractivity (Wildman–Crippen MR) is 104 cm³/mol. The Kier molecular flexibility index (Phi) is 5.91. The maximum atomic E-state index is 13.2. The molecule has 0 spiro atoms. The van der Waals surface area contributed by atoms with Crippen LogP contribution < -0.4 is 15.5 Å². The van der Waals surface area contributed by atoms with Gasteiger partial charge in [-0.25, -0.2) is 0 Å². The summed E-state index contributed by atoms with van der Waals surface area (Å²) in [6.07, 6.45) is 0.954. The highest BCUT2D eigenvalue weighted by Gasteiger charge is 2.37. The number of hydrogen-bond donors (Lipinski definition) is 2. The van der Waals surface area contributed by atoms with E-state index in [0.29, 0.717) is 26.2 Å². The quantitative estimate of drug-likeness (QED) is 0.743. The molecule has 3 aliphatic heterocycles. The summed E-state index contributed by atoms with van der Waals surface area (Å²) in [6, 6.07) is 7.96. The molecule has 1 aromatic carbocycles. The van der Waals surface area contributed by atoms with E-state index in [4.69, 9.17) is 9.47 Å². The fraction of sp³-hybridized carbons (Fsp3) is 0.600. The van der Waals surface area contributed by atoms with Crippen molar-refractivity contribution in [3.63, 3.8) is 0 Å². The number of methoxy groups -OCH3 is 1. The molecule has 28 heavy (non-hydrogen) atoms. The molecule has 8 heteroatoms. The summed E-state index contributed by atoms with van der Waals surface area (Å²) in [5.74, 6) is -0.0317. The zero-order valence-corrected chi connectivity index (χ0v) is 16.2. The molecule has 0 radical (unpaired) electrons. The van der Waals surface area contributed by atoms with Crippen LogP contribution in [0.4, 0.5) is 5.69 Å². The molecule has 3 unspecified atom stereocenters. The maximum Gasteiger partial charge on any atom is 0.230 e. The molecule has 2 saturated heterocycles.